The van der Waals surface area contributed by atoms with Crippen molar-refractivity contribution in [2.24, 2.45) is 0 Å². The molecule has 1 unspecified atom stereocenters. The maximum atomic E-state index is 3.46. The van der Waals surface area contributed by atoms with Gasteiger partial charge in [0.1, 0.15) is 0 Å². The van der Waals surface area contributed by atoms with Gasteiger partial charge < -0.3 is 9.88 Å². The molecule has 84 valence electrons. The maximum absolute atomic E-state index is 3.46. The molecule has 1 aliphatic rings. The molecule has 3 rings (SSSR count). The first-order valence-corrected chi connectivity index (χ1v) is 5.98. The third-order valence-corrected chi connectivity index (χ3v) is 3.72. The number of rotatable bonds is 0. The van der Waals surface area contributed by atoms with Gasteiger partial charge in [0.25, 0.3) is 0 Å². The molecule has 0 amide bonds. The van der Waals surface area contributed by atoms with Crippen molar-refractivity contribution in [3.63, 3.8) is 0 Å². The number of aromatic nitrogens is 1. The van der Waals surface area contributed by atoms with Crippen LogP contribution in [0.2, 0.25) is 0 Å². The van der Waals surface area contributed by atoms with E-state index in [4.69, 9.17) is 0 Å². The van der Waals surface area contributed by atoms with Crippen LogP contribution in [0.3, 0.4) is 0 Å². The zero-order valence-corrected chi connectivity index (χ0v) is 10.2. The summed E-state index contributed by atoms with van der Waals surface area (Å²) in [5, 5.41) is 4.84. The molecule has 0 aliphatic carbocycles. The van der Waals surface area contributed by atoms with E-state index in [0.29, 0.717) is 6.04 Å². The molecule has 1 atom stereocenters. The van der Waals surface area contributed by atoms with Crippen molar-refractivity contribution in [3.8, 4) is 0 Å². The van der Waals surface area contributed by atoms with Crippen LogP contribution in [0.1, 0.15) is 29.8 Å². The van der Waals surface area contributed by atoms with Crippen LogP contribution in [-0.4, -0.2) is 11.1 Å². The Morgan fingerprint density at radius 1 is 1.19 bits per heavy atom. The summed E-state index contributed by atoms with van der Waals surface area (Å²) in [6.07, 6.45) is 0. The van der Waals surface area contributed by atoms with Gasteiger partial charge in [-0.25, -0.2) is 0 Å². The van der Waals surface area contributed by atoms with E-state index in [1.165, 1.54) is 27.7 Å². The maximum Gasteiger partial charge on any atom is 0.0488 e. The van der Waals surface area contributed by atoms with E-state index < -0.39 is 0 Å². The summed E-state index contributed by atoms with van der Waals surface area (Å²) in [6, 6.07) is 7.52. The largest absolute Gasteiger partial charge is 0.339 e. The molecule has 0 fully saturated rings. The van der Waals surface area contributed by atoms with Crippen LogP contribution in [0, 0.1) is 13.8 Å². The molecule has 0 radical (unpaired) electrons. The van der Waals surface area contributed by atoms with Crippen LogP contribution in [0.5, 0.6) is 0 Å². The number of nitrogens with one attached hydrogen (secondary N) is 1. The standard InChI is InChI=1S/C14H18N2/c1-9-4-12-6-13-8-15-7-11(3)16(13)14(12)5-10(9)2/h4-6,11,15H,7-8H2,1-3H3. The highest BCUT2D eigenvalue weighted by Crippen LogP contribution is 2.28. The van der Waals surface area contributed by atoms with Crippen molar-refractivity contribution in [2.75, 3.05) is 6.54 Å². The number of hydrogen-bond acceptors (Lipinski definition) is 1. The number of aryl methyl sites for hydroxylation is 2. The minimum atomic E-state index is 0.559. The predicted octanol–water partition coefficient (Wildman–Crippen LogP) is 2.92. The number of benzene rings is 1. The van der Waals surface area contributed by atoms with Gasteiger partial charge in [-0.2, -0.15) is 0 Å². The Kier molecular flexibility index (Phi) is 2.08. The zero-order valence-electron chi connectivity index (χ0n) is 10.2. The second kappa shape index (κ2) is 3.36. The Morgan fingerprint density at radius 3 is 2.75 bits per heavy atom. The lowest BCUT2D eigenvalue weighted by molar-refractivity contribution is 0.439. The van der Waals surface area contributed by atoms with Gasteiger partial charge >= 0.3 is 0 Å². The van der Waals surface area contributed by atoms with Crippen molar-refractivity contribution in [3.05, 3.63) is 35.0 Å². The summed E-state index contributed by atoms with van der Waals surface area (Å²) < 4.78 is 2.48. The minimum Gasteiger partial charge on any atom is -0.339 e. The van der Waals surface area contributed by atoms with E-state index >= 15 is 0 Å². The van der Waals surface area contributed by atoms with Gasteiger partial charge in [0.05, 0.1) is 0 Å². The average molecular weight is 214 g/mol. The second-order valence-corrected chi connectivity index (χ2v) is 4.98. The Bertz CT molecular complexity index is 551. The van der Waals surface area contributed by atoms with Crippen molar-refractivity contribution < 1.29 is 0 Å². The van der Waals surface area contributed by atoms with Gasteiger partial charge in [-0.3, -0.25) is 0 Å². The Labute approximate surface area is 96.3 Å². The Hall–Kier alpha value is -1.28. The second-order valence-electron chi connectivity index (χ2n) is 4.98. The number of nitrogens with zero attached hydrogens (tertiary/aromatic N) is 1. The highest BCUT2D eigenvalue weighted by Gasteiger charge is 2.18. The topological polar surface area (TPSA) is 17.0 Å². The molecular formula is C14H18N2. The van der Waals surface area contributed by atoms with E-state index in [9.17, 15) is 0 Å². The lowest BCUT2D eigenvalue weighted by atomic mass is 10.1. The molecule has 2 aromatic rings. The third kappa shape index (κ3) is 1.30. The van der Waals surface area contributed by atoms with Gasteiger partial charge in [-0.05, 0) is 50.1 Å². The Balaban J connectivity index is 2.34. The lowest BCUT2D eigenvalue weighted by Gasteiger charge is -2.24. The fourth-order valence-electron chi connectivity index (χ4n) is 2.71. The van der Waals surface area contributed by atoms with Crippen LogP contribution < -0.4 is 5.32 Å². The highest BCUT2D eigenvalue weighted by molar-refractivity contribution is 5.83. The monoisotopic (exact) mass is 214 g/mol. The van der Waals surface area contributed by atoms with Crippen LogP contribution >= 0.6 is 0 Å². The SMILES string of the molecule is Cc1cc2cc3n(c2cc1C)C(C)CNC3. The Morgan fingerprint density at radius 2 is 1.94 bits per heavy atom. The quantitative estimate of drug-likeness (QED) is 0.713. The van der Waals surface area contributed by atoms with Gasteiger partial charge in [0.15, 0.2) is 0 Å². The smallest absolute Gasteiger partial charge is 0.0488 e. The van der Waals surface area contributed by atoms with E-state index in [2.05, 4.69) is 48.9 Å². The molecule has 1 aromatic heterocycles. The van der Waals surface area contributed by atoms with Gasteiger partial charge in [-0.1, -0.05) is 0 Å². The van der Waals surface area contributed by atoms with Crippen molar-refractivity contribution in [1.29, 1.82) is 0 Å². The van der Waals surface area contributed by atoms with Gasteiger partial charge in [-0.15, -0.1) is 0 Å². The first kappa shape index (κ1) is 9.91. The molecule has 0 saturated heterocycles. The van der Waals surface area contributed by atoms with Crippen LogP contribution in [0.25, 0.3) is 10.9 Å². The van der Waals surface area contributed by atoms with Crippen LogP contribution in [0.4, 0.5) is 0 Å². The zero-order chi connectivity index (χ0) is 11.3. The van der Waals surface area contributed by atoms with Crippen molar-refractivity contribution in [1.82, 2.24) is 9.88 Å². The molecule has 0 spiro atoms. The summed E-state index contributed by atoms with van der Waals surface area (Å²) in [6.45, 7) is 8.73. The summed E-state index contributed by atoms with van der Waals surface area (Å²) in [5.41, 5.74) is 5.58. The first-order chi connectivity index (χ1) is 7.66. The van der Waals surface area contributed by atoms with E-state index in [1.807, 2.05) is 0 Å². The number of hydrogen-bond donors (Lipinski definition) is 1. The molecule has 2 heterocycles. The van der Waals surface area contributed by atoms with E-state index in [0.717, 1.165) is 13.1 Å². The predicted molar refractivity (Wildman–Crippen MR) is 67.8 cm³/mol. The highest BCUT2D eigenvalue weighted by atomic mass is 15.1. The summed E-state index contributed by atoms with van der Waals surface area (Å²) in [7, 11) is 0. The molecule has 2 heteroatoms. The van der Waals surface area contributed by atoms with Crippen molar-refractivity contribution >= 4 is 10.9 Å². The minimum absolute atomic E-state index is 0.559. The van der Waals surface area contributed by atoms with Gasteiger partial charge in [0.2, 0.25) is 0 Å². The molecule has 1 aromatic carbocycles. The van der Waals surface area contributed by atoms with Crippen molar-refractivity contribution in [2.45, 2.75) is 33.4 Å². The molecule has 1 N–H and O–H groups in total. The molecular weight excluding hydrogens is 196 g/mol. The summed E-state index contributed by atoms with van der Waals surface area (Å²) in [5.74, 6) is 0. The fourth-order valence-corrected chi connectivity index (χ4v) is 2.71. The van der Waals surface area contributed by atoms with E-state index in [1.54, 1.807) is 0 Å². The molecule has 0 saturated carbocycles. The third-order valence-electron chi connectivity index (χ3n) is 3.72. The summed E-state index contributed by atoms with van der Waals surface area (Å²) in [4.78, 5) is 0. The summed E-state index contributed by atoms with van der Waals surface area (Å²) >= 11 is 0. The first-order valence-electron chi connectivity index (χ1n) is 5.98. The van der Waals surface area contributed by atoms with E-state index in [-0.39, 0.29) is 0 Å². The molecule has 1 aliphatic heterocycles. The van der Waals surface area contributed by atoms with Gasteiger partial charge in [0, 0.05) is 35.7 Å². The van der Waals surface area contributed by atoms with Crippen LogP contribution in [0.15, 0.2) is 18.2 Å². The van der Waals surface area contributed by atoms with Crippen LogP contribution in [-0.2, 0) is 6.54 Å². The molecule has 2 nitrogen and oxygen atoms in total. The fraction of sp³-hybridized carbons (Fsp3) is 0.429. The molecule has 16 heavy (non-hydrogen) atoms. The number of fused-ring (bicyclic) bond motifs is 3. The average Bonchev–Trinajstić information content (AvgIpc) is 2.58. The lowest BCUT2D eigenvalue weighted by Crippen LogP contribution is -2.30. The molecule has 0 bridgehead atoms. The normalized spacial score (nSPS) is 20.1.